The molecule has 0 saturated carbocycles. The Balaban J connectivity index is 2.38. The van der Waals surface area contributed by atoms with Gasteiger partial charge >= 0.3 is 12.1 Å². The van der Waals surface area contributed by atoms with Crippen molar-refractivity contribution in [1.29, 1.82) is 5.26 Å². The number of hydrazone groups is 1. The van der Waals surface area contributed by atoms with Crippen molar-refractivity contribution in [3.63, 3.8) is 0 Å². The minimum Gasteiger partial charge on any atom is -0.461 e. The molecule has 0 fully saturated rings. The van der Waals surface area contributed by atoms with Gasteiger partial charge in [0.05, 0.1) is 29.5 Å². The largest absolute Gasteiger partial charge is 0.461 e. The molecule has 0 bridgehead atoms. The molecule has 150 valence electrons. The molecule has 1 aliphatic rings. The molecule has 28 heavy (non-hydrogen) atoms. The number of carbonyl (C=O) groups excluding carboxylic acids is 1. The fraction of sp³-hybridized carbons (Fsp3) is 0.444. The van der Waals surface area contributed by atoms with Crippen LogP contribution in [0, 0.1) is 11.3 Å². The summed E-state index contributed by atoms with van der Waals surface area (Å²) >= 11 is 1.33. The van der Waals surface area contributed by atoms with E-state index < -0.39 is 28.8 Å². The minimum atomic E-state index is -4.66. The van der Waals surface area contributed by atoms with Crippen molar-refractivity contribution >= 4 is 34.2 Å². The Bertz CT molecular complexity index is 861. The lowest BCUT2D eigenvalue weighted by molar-refractivity contribution is -0.138. The van der Waals surface area contributed by atoms with Crippen LogP contribution in [0.2, 0.25) is 0 Å². The second kappa shape index (κ2) is 8.65. The summed E-state index contributed by atoms with van der Waals surface area (Å²) in [4.78, 5) is 16.3. The van der Waals surface area contributed by atoms with Crippen LogP contribution in [-0.4, -0.2) is 34.6 Å². The highest BCUT2D eigenvalue weighted by Gasteiger charge is 2.40. The van der Waals surface area contributed by atoms with Gasteiger partial charge in [0.15, 0.2) is 0 Å². The predicted molar refractivity (Wildman–Crippen MR) is 102 cm³/mol. The summed E-state index contributed by atoms with van der Waals surface area (Å²) in [5.74, 6) is 0.0741. The molecule has 1 heterocycles. The van der Waals surface area contributed by atoms with Crippen LogP contribution in [0.4, 0.5) is 18.9 Å². The van der Waals surface area contributed by atoms with Crippen molar-refractivity contribution in [1.82, 2.24) is 5.43 Å². The minimum absolute atomic E-state index is 0.0647. The lowest BCUT2D eigenvalue weighted by atomic mass is 9.98. The number of hydrogen-bond acceptors (Lipinski definition) is 7. The Hall–Kier alpha value is -2.54. The van der Waals surface area contributed by atoms with Gasteiger partial charge in [-0.3, -0.25) is 5.43 Å². The molecule has 1 atom stereocenters. The molecule has 0 aromatic heterocycles. The molecular weight excluding hydrogens is 393 g/mol. The number of ether oxygens (including phenoxy) is 1. The van der Waals surface area contributed by atoms with Crippen LogP contribution in [0.15, 0.2) is 28.3 Å². The second-order valence-corrected chi connectivity index (χ2v) is 7.34. The lowest BCUT2D eigenvalue weighted by Crippen LogP contribution is -2.43. The summed E-state index contributed by atoms with van der Waals surface area (Å²) in [5.41, 5.74) is 0.767. The van der Waals surface area contributed by atoms with Crippen LogP contribution in [-0.2, 0) is 15.7 Å². The number of halogens is 3. The summed E-state index contributed by atoms with van der Waals surface area (Å²) in [7, 11) is 0. The summed E-state index contributed by atoms with van der Waals surface area (Å²) in [6.45, 7) is 5.54. The van der Waals surface area contributed by atoms with Gasteiger partial charge in [-0.2, -0.15) is 23.5 Å². The van der Waals surface area contributed by atoms with Crippen LogP contribution in [0.1, 0.15) is 38.3 Å². The monoisotopic (exact) mass is 412 g/mol. The molecule has 1 aromatic rings. The number of carbonyl (C=O) groups is 1. The fourth-order valence-electron chi connectivity index (χ4n) is 2.56. The van der Waals surface area contributed by atoms with Crippen LogP contribution >= 0.6 is 11.8 Å². The SMILES string of the molecule is CCOC(=O)C1=NNC(C)(C(=Nc2ccc(C#N)c(C(F)(F)F)c2)SCC)C1. The number of nitrogens with one attached hydrogen (secondary N) is 1. The molecule has 10 heteroatoms. The Labute approximate surface area is 164 Å². The van der Waals surface area contributed by atoms with E-state index in [1.54, 1.807) is 19.9 Å². The first-order valence-corrected chi connectivity index (χ1v) is 9.47. The summed E-state index contributed by atoms with van der Waals surface area (Å²) < 4.78 is 44.6. The molecule has 0 radical (unpaired) electrons. The van der Waals surface area contributed by atoms with Gasteiger partial charge in [0, 0.05) is 6.42 Å². The highest BCUT2D eigenvalue weighted by atomic mass is 32.2. The molecule has 2 rings (SSSR count). The summed E-state index contributed by atoms with van der Waals surface area (Å²) in [6, 6.07) is 4.85. The molecule has 0 spiro atoms. The van der Waals surface area contributed by atoms with Gasteiger partial charge in [-0.15, -0.1) is 11.8 Å². The maximum atomic E-state index is 13.2. The second-order valence-electron chi connectivity index (χ2n) is 6.09. The summed E-state index contributed by atoms with van der Waals surface area (Å²) in [6.07, 6.45) is -4.47. The zero-order valence-electron chi connectivity index (χ0n) is 15.6. The number of alkyl halides is 3. The number of esters is 1. The van der Waals surface area contributed by atoms with E-state index in [4.69, 9.17) is 10.00 Å². The van der Waals surface area contributed by atoms with Crippen LogP contribution in [0.25, 0.3) is 0 Å². The van der Waals surface area contributed by atoms with E-state index in [9.17, 15) is 18.0 Å². The third-order valence-corrected chi connectivity index (χ3v) is 4.99. The van der Waals surface area contributed by atoms with Crippen molar-refractivity contribution < 1.29 is 22.7 Å². The average Bonchev–Trinajstić information content (AvgIpc) is 3.04. The Morgan fingerprint density at radius 1 is 1.46 bits per heavy atom. The number of rotatable bonds is 5. The first kappa shape index (κ1) is 21.8. The quantitative estimate of drug-likeness (QED) is 0.448. The van der Waals surface area contributed by atoms with E-state index in [2.05, 4.69) is 15.5 Å². The van der Waals surface area contributed by atoms with Crippen molar-refractivity contribution in [2.75, 3.05) is 12.4 Å². The van der Waals surface area contributed by atoms with Crippen molar-refractivity contribution in [3.8, 4) is 6.07 Å². The molecule has 1 unspecified atom stereocenters. The van der Waals surface area contributed by atoms with E-state index in [0.717, 1.165) is 12.1 Å². The molecule has 1 N–H and O–H groups in total. The van der Waals surface area contributed by atoms with Gasteiger partial charge in [0.1, 0.15) is 16.3 Å². The number of nitrogens with zero attached hydrogens (tertiary/aromatic N) is 3. The normalized spacial score (nSPS) is 19.6. The van der Waals surface area contributed by atoms with E-state index >= 15 is 0 Å². The molecular formula is C18H19F3N4O2S. The van der Waals surface area contributed by atoms with Gasteiger partial charge in [-0.1, -0.05) is 6.92 Å². The zero-order valence-corrected chi connectivity index (χ0v) is 16.4. The molecule has 1 aromatic carbocycles. The average molecular weight is 412 g/mol. The van der Waals surface area contributed by atoms with Gasteiger partial charge in [-0.05, 0) is 37.8 Å². The number of hydrogen-bond donors (Lipinski definition) is 1. The molecule has 6 nitrogen and oxygen atoms in total. The van der Waals surface area contributed by atoms with Gasteiger partial charge in [0.25, 0.3) is 0 Å². The van der Waals surface area contributed by atoms with Crippen molar-refractivity contribution in [3.05, 3.63) is 29.3 Å². The van der Waals surface area contributed by atoms with Crippen LogP contribution in [0.3, 0.4) is 0 Å². The van der Waals surface area contributed by atoms with Crippen molar-refractivity contribution in [2.24, 2.45) is 10.1 Å². The first-order valence-electron chi connectivity index (χ1n) is 8.48. The van der Waals surface area contributed by atoms with E-state index in [0.29, 0.717) is 10.8 Å². The van der Waals surface area contributed by atoms with Crippen LogP contribution in [0.5, 0.6) is 0 Å². The molecule has 1 aliphatic heterocycles. The maximum Gasteiger partial charge on any atom is 0.417 e. The number of aliphatic imine (C=N–C) groups is 1. The van der Waals surface area contributed by atoms with Gasteiger partial charge in [0.2, 0.25) is 0 Å². The van der Waals surface area contributed by atoms with Crippen LogP contribution < -0.4 is 5.43 Å². The molecule has 0 aliphatic carbocycles. The zero-order chi connectivity index (χ0) is 20.9. The third kappa shape index (κ3) is 4.84. The predicted octanol–water partition coefficient (Wildman–Crippen LogP) is 4.03. The van der Waals surface area contributed by atoms with Gasteiger partial charge < -0.3 is 4.74 Å². The number of nitriles is 1. The topological polar surface area (TPSA) is 86.8 Å². The lowest BCUT2D eigenvalue weighted by Gasteiger charge is -2.25. The highest BCUT2D eigenvalue weighted by Crippen LogP contribution is 2.35. The van der Waals surface area contributed by atoms with Crippen molar-refractivity contribution in [2.45, 2.75) is 38.9 Å². The Morgan fingerprint density at radius 3 is 2.75 bits per heavy atom. The molecule has 0 amide bonds. The van der Waals surface area contributed by atoms with Gasteiger partial charge in [-0.25, -0.2) is 9.79 Å². The van der Waals surface area contributed by atoms with E-state index in [-0.39, 0.29) is 24.4 Å². The highest BCUT2D eigenvalue weighted by molar-refractivity contribution is 8.14. The van der Waals surface area contributed by atoms with E-state index in [1.165, 1.54) is 17.8 Å². The maximum absolute atomic E-state index is 13.2. The Morgan fingerprint density at radius 2 is 2.18 bits per heavy atom. The first-order chi connectivity index (χ1) is 13.1. The third-order valence-electron chi connectivity index (χ3n) is 3.88. The van der Waals surface area contributed by atoms with E-state index in [1.807, 2.05) is 6.92 Å². The standard InChI is InChI=1S/C18H19F3N4O2S/c1-4-27-15(26)14-9-17(3,25-24-14)16(28-5-2)23-12-7-6-11(10-22)13(8-12)18(19,20)21/h6-8,25H,4-5,9H2,1-3H3. The Kier molecular flexibility index (Phi) is 6.72. The summed E-state index contributed by atoms with van der Waals surface area (Å²) in [5, 5.41) is 13.4. The number of thioether (sulfide) groups is 1. The smallest absolute Gasteiger partial charge is 0.417 e. The fourth-order valence-corrected chi connectivity index (χ4v) is 3.44. The number of benzene rings is 1. The molecule has 0 saturated heterocycles.